The van der Waals surface area contributed by atoms with Gasteiger partial charge in [-0.3, -0.25) is 4.79 Å². The molecule has 33 heavy (non-hydrogen) atoms. The van der Waals surface area contributed by atoms with Gasteiger partial charge < -0.3 is 29.3 Å². The summed E-state index contributed by atoms with van der Waals surface area (Å²) in [5.41, 5.74) is 4.51. The van der Waals surface area contributed by atoms with Crippen LogP contribution in [0.2, 0.25) is 0 Å². The lowest BCUT2D eigenvalue weighted by molar-refractivity contribution is -0.122. The van der Waals surface area contributed by atoms with Crippen molar-refractivity contribution in [3.63, 3.8) is 0 Å². The standard InChI is InChI=1S/C23H31N5O5/c1-6-31-8-7-15-9-19-18(28-14(2)21(29)26-25-20(28)13-32-19)10-17(15)24-16-11-27(12-16)22(30)33-23(3,4)5/h7-10,14,16,24H,6,11-13H2,1-5H3,(H,26,29)/b8-7+. The van der Waals surface area contributed by atoms with E-state index in [9.17, 15) is 9.59 Å². The van der Waals surface area contributed by atoms with Gasteiger partial charge in [-0.05, 0) is 52.8 Å². The Balaban J connectivity index is 1.57. The van der Waals surface area contributed by atoms with Gasteiger partial charge in [0.05, 0.1) is 24.6 Å². The molecule has 1 atom stereocenters. The highest BCUT2D eigenvalue weighted by Gasteiger charge is 2.37. The highest BCUT2D eigenvalue weighted by molar-refractivity contribution is 6.09. The summed E-state index contributed by atoms with van der Waals surface area (Å²) in [5.74, 6) is 1.15. The zero-order valence-electron chi connectivity index (χ0n) is 19.7. The number of hydrogen-bond acceptors (Lipinski definition) is 8. The Morgan fingerprint density at radius 2 is 2.12 bits per heavy atom. The van der Waals surface area contributed by atoms with E-state index >= 15 is 0 Å². The van der Waals surface area contributed by atoms with E-state index in [0.29, 0.717) is 31.3 Å². The molecule has 10 nitrogen and oxygen atoms in total. The van der Waals surface area contributed by atoms with Crippen LogP contribution in [0.25, 0.3) is 6.08 Å². The van der Waals surface area contributed by atoms with Gasteiger partial charge in [0, 0.05) is 24.3 Å². The van der Waals surface area contributed by atoms with E-state index in [2.05, 4.69) is 15.8 Å². The predicted molar refractivity (Wildman–Crippen MR) is 125 cm³/mol. The smallest absolute Gasteiger partial charge is 0.410 e. The van der Waals surface area contributed by atoms with Crippen molar-refractivity contribution in [1.82, 2.24) is 10.3 Å². The number of fused-ring (bicyclic) bond motifs is 3. The molecule has 1 unspecified atom stereocenters. The van der Waals surface area contributed by atoms with Crippen molar-refractivity contribution in [3.8, 4) is 5.75 Å². The van der Waals surface area contributed by atoms with Crippen molar-refractivity contribution in [2.75, 3.05) is 36.5 Å². The molecule has 3 aliphatic heterocycles. The van der Waals surface area contributed by atoms with Gasteiger partial charge in [-0.2, -0.15) is 5.10 Å². The number of nitrogens with zero attached hydrogens (tertiary/aromatic N) is 3. The number of rotatable bonds is 5. The number of amides is 2. The molecule has 0 bridgehead atoms. The zero-order chi connectivity index (χ0) is 23.8. The highest BCUT2D eigenvalue weighted by atomic mass is 16.6. The third-order valence-corrected chi connectivity index (χ3v) is 5.49. The summed E-state index contributed by atoms with van der Waals surface area (Å²) in [6, 6.07) is 3.53. The maximum absolute atomic E-state index is 12.3. The molecule has 1 aromatic carbocycles. The third-order valence-electron chi connectivity index (χ3n) is 5.49. The molecular formula is C23H31N5O5. The van der Waals surface area contributed by atoms with E-state index in [4.69, 9.17) is 14.2 Å². The summed E-state index contributed by atoms with van der Waals surface area (Å²) in [6.45, 7) is 11.2. The average Bonchev–Trinajstić information content (AvgIpc) is 2.71. The minimum Gasteiger partial charge on any atom is -0.501 e. The van der Waals surface area contributed by atoms with Crippen LogP contribution in [0.15, 0.2) is 23.5 Å². The van der Waals surface area contributed by atoms with Gasteiger partial charge in [0.1, 0.15) is 24.0 Å². The number of amidine groups is 1. The molecule has 3 heterocycles. The second-order valence-electron chi connectivity index (χ2n) is 9.23. The predicted octanol–water partition coefficient (Wildman–Crippen LogP) is 2.76. The first kappa shape index (κ1) is 22.8. The summed E-state index contributed by atoms with van der Waals surface area (Å²) in [5, 5.41) is 7.66. The van der Waals surface area contributed by atoms with Crippen molar-refractivity contribution in [2.24, 2.45) is 5.10 Å². The van der Waals surface area contributed by atoms with Crippen LogP contribution < -0.4 is 20.4 Å². The topological polar surface area (TPSA) is 105 Å². The van der Waals surface area contributed by atoms with Crippen molar-refractivity contribution in [2.45, 2.75) is 52.3 Å². The summed E-state index contributed by atoms with van der Waals surface area (Å²) >= 11 is 0. The van der Waals surface area contributed by atoms with Crippen LogP contribution in [-0.4, -0.2) is 66.7 Å². The Labute approximate surface area is 193 Å². The molecule has 0 spiro atoms. The zero-order valence-corrected chi connectivity index (χ0v) is 19.7. The number of nitrogens with one attached hydrogen (secondary N) is 2. The molecule has 2 N–H and O–H groups in total. The van der Waals surface area contributed by atoms with Crippen LogP contribution in [0.3, 0.4) is 0 Å². The quantitative estimate of drug-likeness (QED) is 0.655. The monoisotopic (exact) mass is 457 g/mol. The van der Waals surface area contributed by atoms with E-state index in [1.165, 1.54) is 0 Å². The van der Waals surface area contributed by atoms with E-state index in [1.54, 1.807) is 11.2 Å². The lowest BCUT2D eigenvalue weighted by Gasteiger charge is -2.41. The van der Waals surface area contributed by atoms with Gasteiger partial charge in [-0.1, -0.05) is 0 Å². The van der Waals surface area contributed by atoms with Gasteiger partial charge in [-0.15, -0.1) is 0 Å². The number of benzene rings is 1. The fourth-order valence-corrected chi connectivity index (χ4v) is 3.83. The largest absolute Gasteiger partial charge is 0.501 e. The Kier molecular flexibility index (Phi) is 6.09. The normalized spacial score (nSPS) is 20.2. The van der Waals surface area contributed by atoms with E-state index in [0.717, 1.165) is 16.9 Å². The third kappa shape index (κ3) is 4.84. The fourth-order valence-electron chi connectivity index (χ4n) is 3.83. The van der Waals surface area contributed by atoms with Gasteiger partial charge in [0.25, 0.3) is 5.91 Å². The number of hydrogen-bond donors (Lipinski definition) is 2. The van der Waals surface area contributed by atoms with E-state index in [1.807, 2.05) is 57.7 Å². The highest BCUT2D eigenvalue weighted by Crippen LogP contribution is 2.40. The second kappa shape index (κ2) is 8.84. The first-order chi connectivity index (χ1) is 15.7. The van der Waals surface area contributed by atoms with Crippen molar-refractivity contribution in [1.29, 1.82) is 0 Å². The molecule has 0 radical (unpaired) electrons. The summed E-state index contributed by atoms with van der Waals surface area (Å²) in [7, 11) is 0. The first-order valence-electron chi connectivity index (χ1n) is 11.2. The average molecular weight is 458 g/mol. The van der Waals surface area contributed by atoms with E-state index < -0.39 is 11.6 Å². The Morgan fingerprint density at radius 1 is 1.36 bits per heavy atom. The Bertz CT molecular complexity index is 994. The molecule has 0 aromatic heterocycles. The van der Waals surface area contributed by atoms with Gasteiger partial charge >= 0.3 is 6.09 Å². The number of carbonyl (C=O) groups is 2. The molecule has 1 saturated heterocycles. The molecule has 0 saturated carbocycles. The molecule has 1 fully saturated rings. The molecule has 1 aromatic rings. The lowest BCUT2D eigenvalue weighted by Crippen LogP contribution is -2.58. The number of ether oxygens (including phenoxy) is 3. The van der Waals surface area contributed by atoms with Crippen molar-refractivity contribution < 1.29 is 23.8 Å². The summed E-state index contributed by atoms with van der Waals surface area (Å²) < 4.78 is 16.8. The van der Waals surface area contributed by atoms with Crippen LogP contribution in [0.5, 0.6) is 5.75 Å². The molecule has 10 heteroatoms. The van der Waals surface area contributed by atoms with Gasteiger partial charge in [-0.25, -0.2) is 10.2 Å². The minimum atomic E-state index is -0.526. The first-order valence-corrected chi connectivity index (χ1v) is 11.2. The summed E-state index contributed by atoms with van der Waals surface area (Å²) in [4.78, 5) is 28.1. The summed E-state index contributed by atoms with van der Waals surface area (Å²) in [6.07, 6.45) is 3.20. The number of hydrazone groups is 1. The molecule has 3 aliphatic rings. The SMILES string of the molecule is CCO/C=C/c1cc2c(cc1NC1CN(C(=O)OC(C)(C)C)C1)N1C(=NNC(=O)C1C)CO2. The van der Waals surface area contributed by atoms with Crippen LogP contribution >= 0.6 is 0 Å². The number of anilines is 2. The molecule has 4 rings (SSSR count). The van der Waals surface area contributed by atoms with Crippen LogP contribution in [0, 0.1) is 0 Å². The molecule has 2 amide bonds. The molecular weight excluding hydrogens is 426 g/mol. The Morgan fingerprint density at radius 3 is 2.82 bits per heavy atom. The van der Waals surface area contributed by atoms with Crippen LogP contribution in [0.1, 0.15) is 40.2 Å². The maximum atomic E-state index is 12.3. The number of carbonyl (C=O) groups excluding carboxylic acids is 2. The van der Waals surface area contributed by atoms with Gasteiger partial charge in [0.2, 0.25) is 0 Å². The molecule has 0 aliphatic carbocycles. The Hall–Kier alpha value is -3.43. The van der Waals surface area contributed by atoms with Gasteiger partial charge in [0.15, 0.2) is 5.84 Å². The van der Waals surface area contributed by atoms with E-state index in [-0.39, 0.29) is 24.6 Å². The molecule has 178 valence electrons. The second-order valence-corrected chi connectivity index (χ2v) is 9.23. The number of likely N-dealkylation sites (tertiary alicyclic amines) is 1. The fraction of sp³-hybridized carbons (Fsp3) is 0.522. The minimum absolute atomic E-state index is 0.0644. The maximum Gasteiger partial charge on any atom is 0.410 e. The van der Waals surface area contributed by atoms with Crippen molar-refractivity contribution in [3.05, 3.63) is 24.0 Å². The lowest BCUT2D eigenvalue weighted by atomic mass is 10.0. The van der Waals surface area contributed by atoms with Crippen LogP contribution in [0.4, 0.5) is 16.2 Å². The van der Waals surface area contributed by atoms with Crippen molar-refractivity contribution >= 4 is 35.3 Å². The van der Waals surface area contributed by atoms with Crippen LogP contribution in [-0.2, 0) is 14.3 Å².